The third kappa shape index (κ3) is 6.46. The molecule has 0 aliphatic heterocycles. The Morgan fingerprint density at radius 3 is 2.35 bits per heavy atom. The highest BCUT2D eigenvalue weighted by Crippen LogP contribution is 2.36. The van der Waals surface area contributed by atoms with Gasteiger partial charge in [-0.1, -0.05) is 11.6 Å². The summed E-state index contributed by atoms with van der Waals surface area (Å²) in [5.74, 6) is 0.246. The second-order valence-corrected chi connectivity index (χ2v) is 11.9. The van der Waals surface area contributed by atoms with Crippen molar-refractivity contribution in [3.8, 4) is 11.5 Å². The first kappa shape index (κ1) is 28.5. The number of rotatable bonds is 11. The van der Waals surface area contributed by atoms with Gasteiger partial charge in [0.1, 0.15) is 11.6 Å². The van der Waals surface area contributed by atoms with Crippen molar-refractivity contribution < 1.29 is 22.7 Å². The average Bonchev–Trinajstić information content (AvgIpc) is 3.29. The minimum absolute atomic E-state index is 0.0668. The predicted octanol–water partition coefficient (Wildman–Crippen LogP) is 4.43. The lowest BCUT2D eigenvalue weighted by molar-refractivity contribution is -0.129. The summed E-state index contributed by atoms with van der Waals surface area (Å²) in [6, 6.07) is 9.32. The van der Waals surface area contributed by atoms with Crippen molar-refractivity contribution in [3.63, 3.8) is 0 Å². The highest BCUT2D eigenvalue weighted by molar-refractivity contribution is 7.92. The van der Waals surface area contributed by atoms with Gasteiger partial charge in [0.25, 0.3) is 10.0 Å². The third-order valence-corrected chi connectivity index (χ3v) is 8.64. The van der Waals surface area contributed by atoms with Crippen LogP contribution in [0.3, 0.4) is 0 Å². The van der Waals surface area contributed by atoms with Crippen molar-refractivity contribution in [2.45, 2.75) is 25.3 Å². The van der Waals surface area contributed by atoms with Crippen LogP contribution in [-0.4, -0.2) is 65.6 Å². The number of carbonyl (C=O) groups excluding carboxylic acids is 1. The summed E-state index contributed by atoms with van der Waals surface area (Å²) in [5, 5.41) is 0.968. The molecule has 0 aliphatic rings. The number of amides is 1. The first-order valence-corrected chi connectivity index (χ1v) is 14.1. The van der Waals surface area contributed by atoms with E-state index in [0.717, 1.165) is 19.9 Å². The quantitative estimate of drug-likeness (QED) is 0.339. The summed E-state index contributed by atoms with van der Waals surface area (Å²) < 4.78 is 39.6. The number of ether oxygens (including phenoxy) is 2. The molecule has 0 radical (unpaired) electrons. The van der Waals surface area contributed by atoms with Crippen LogP contribution in [0, 0.1) is 6.92 Å². The van der Waals surface area contributed by atoms with Gasteiger partial charge in [0.05, 0.1) is 36.4 Å². The first-order valence-electron chi connectivity index (χ1n) is 11.4. The van der Waals surface area contributed by atoms with E-state index >= 15 is 0 Å². The Balaban J connectivity index is 2.09. The normalized spacial score (nSPS) is 11.2. The molecule has 0 saturated carbocycles. The Hall–Kier alpha value is -3.02. The predicted molar refractivity (Wildman–Crippen MR) is 148 cm³/mol. The lowest BCUT2D eigenvalue weighted by Crippen LogP contribution is -2.43. The Morgan fingerprint density at radius 2 is 1.78 bits per heavy atom. The van der Waals surface area contributed by atoms with E-state index in [2.05, 4.69) is 4.98 Å². The lowest BCUT2D eigenvalue weighted by atomic mass is 10.2. The van der Waals surface area contributed by atoms with Crippen LogP contribution in [-0.2, 0) is 21.4 Å². The fraction of sp³-hybridized carbons (Fsp3) is 0.360. The van der Waals surface area contributed by atoms with Crippen LogP contribution in [0.5, 0.6) is 11.5 Å². The van der Waals surface area contributed by atoms with Crippen molar-refractivity contribution in [2.75, 3.05) is 50.6 Å². The molecule has 9 nitrogen and oxygen atoms in total. The van der Waals surface area contributed by atoms with E-state index in [9.17, 15) is 13.2 Å². The van der Waals surface area contributed by atoms with E-state index < -0.39 is 16.6 Å². The molecule has 1 heterocycles. The van der Waals surface area contributed by atoms with Gasteiger partial charge in [-0.25, -0.2) is 13.4 Å². The van der Waals surface area contributed by atoms with Crippen molar-refractivity contribution in [3.05, 3.63) is 57.5 Å². The maximum Gasteiger partial charge on any atom is 0.264 e. The number of nitrogens with zero attached hydrogens (tertiary/aromatic N) is 4. The zero-order valence-electron chi connectivity index (χ0n) is 21.7. The number of thiazole rings is 1. The van der Waals surface area contributed by atoms with Gasteiger partial charge in [-0.05, 0) is 44.2 Å². The number of hydrogen-bond acceptors (Lipinski definition) is 8. The second kappa shape index (κ2) is 12.0. The largest absolute Gasteiger partial charge is 0.493 e. The van der Waals surface area contributed by atoms with Crippen LogP contribution >= 0.6 is 22.9 Å². The van der Waals surface area contributed by atoms with Crippen molar-refractivity contribution in [1.82, 2.24) is 9.88 Å². The summed E-state index contributed by atoms with van der Waals surface area (Å²) in [7, 11) is 2.31. The van der Waals surface area contributed by atoms with E-state index in [1.165, 1.54) is 43.8 Å². The average molecular weight is 567 g/mol. The lowest BCUT2D eigenvalue weighted by Gasteiger charge is -2.29. The van der Waals surface area contributed by atoms with E-state index in [1.54, 1.807) is 29.3 Å². The minimum Gasteiger partial charge on any atom is -0.493 e. The number of benzene rings is 2. The standard InChI is InChI=1S/C25H31ClN4O5S2/c1-7-29(15-24-27-14-17(2)36-24)25(31)16-30(21-12-18(28(3)4)8-10-20(21)26)37(32,33)19-9-11-22(34-5)23(13-19)35-6/h8-14H,7,15-16H2,1-6H3. The Labute approximate surface area is 227 Å². The Bertz CT molecular complexity index is 1360. The van der Waals surface area contributed by atoms with Gasteiger partial charge in [-0.2, -0.15) is 0 Å². The molecule has 0 spiro atoms. The van der Waals surface area contributed by atoms with Crippen LogP contribution in [0.4, 0.5) is 11.4 Å². The Morgan fingerprint density at radius 1 is 1.08 bits per heavy atom. The van der Waals surface area contributed by atoms with Crippen LogP contribution in [0.15, 0.2) is 47.5 Å². The van der Waals surface area contributed by atoms with Crippen LogP contribution < -0.4 is 18.7 Å². The summed E-state index contributed by atoms with van der Waals surface area (Å²) in [4.78, 5) is 22.2. The Kier molecular flexibility index (Phi) is 9.27. The zero-order chi connectivity index (χ0) is 27.3. The number of likely N-dealkylation sites (N-methyl/N-ethyl adjacent to an activating group) is 1. The number of halogens is 1. The molecule has 3 rings (SSSR count). The summed E-state index contributed by atoms with van der Waals surface area (Å²) in [6.07, 6.45) is 1.75. The monoisotopic (exact) mass is 566 g/mol. The molecule has 0 N–H and O–H groups in total. The molecule has 0 unspecified atom stereocenters. The molecular formula is C25H31ClN4O5S2. The van der Waals surface area contributed by atoms with E-state index in [4.69, 9.17) is 21.1 Å². The zero-order valence-corrected chi connectivity index (χ0v) is 24.1. The summed E-state index contributed by atoms with van der Waals surface area (Å²) >= 11 is 8.01. The second-order valence-electron chi connectivity index (χ2n) is 8.33. The van der Waals surface area contributed by atoms with Gasteiger partial charge >= 0.3 is 0 Å². The number of aryl methyl sites for hydroxylation is 1. The van der Waals surface area contributed by atoms with Gasteiger partial charge in [0.2, 0.25) is 5.91 Å². The molecule has 1 aromatic heterocycles. The van der Waals surface area contributed by atoms with E-state index in [0.29, 0.717) is 12.3 Å². The molecule has 0 bridgehead atoms. The highest BCUT2D eigenvalue weighted by Gasteiger charge is 2.31. The van der Waals surface area contributed by atoms with E-state index in [-0.39, 0.29) is 33.8 Å². The molecule has 0 aliphatic carbocycles. The van der Waals surface area contributed by atoms with Gasteiger partial charge in [-0.15, -0.1) is 11.3 Å². The van der Waals surface area contributed by atoms with Gasteiger partial charge in [-0.3, -0.25) is 9.10 Å². The SMILES string of the molecule is CCN(Cc1ncc(C)s1)C(=O)CN(c1cc(N(C)C)ccc1Cl)S(=O)(=O)c1ccc(OC)c(OC)c1. The maximum absolute atomic E-state index is 14.0. The summed E-state index contributed by atoms with van der Waals surface area (Å²) in [6.45, 7) is 3.99. The number of carbonyl (C=O) groups is 1. The van der Waals surface area contributed by atoms with E-state index in [1.807, 2.05) is 32.8 Å². The number of aromatic nitrogens is 1. The van der Waals surface area contributed by atoms with Gasteiger partial charge in [0.15, 0.2) is 11.5 Å². The molecule has 0 fully saturated rings. The molecule has 200 valence electrons. The molecule has 0 atom stereocenters. The minimum atomic E-state index is -4.25. The molecule has 0 saturated heterocycles. The smallest absolute Gasteiger partial charge is 0.264 e. The summed E-state index contributed by atoms with van der Waals surface area (Å²) in [5.41, 5.74) is 0.919. The topological polar surface area (TPSA) is 92.3 Å². The molecule has 12 heteroatoms. The van der Waals surface area contributed by atoms with Crippen molar-refractivity contribution in [2.24, 2.45) is 0 Å². The van der Waals surface area contributed by atoms with Gasteiger partial charge < -0.3 is 19.3 Å². The van der Waals surface area contributed by atoms with Crippen LogP contribution in [0.2, 0.25) is 5.02 Å². The highest BCUT2D eigenvalue weighted by atomic mass is 35.5. The molecule has 37 heavy (non-hydrogen) atoms. The maximum atomic E-state index is 14.0. The van der Waals surface area contributed by atoms with Crippen molar-refractivity contribution in [1.29, 1.82) is 0 Å². The van der Waals surface area contributed by atoms with Crippen LogP contribution in [0.25, 0.3) is 0 Å². The van der Waals surface area contributed by atoms with Crippen LogP contribution in [0.1, 0.15) is 16.8 Å². The number of hydrogen-bond donors (Lipinski definition) is 0. The fourth-order valence-corrected chi connectivity index (χ4v) is 6.12. The third-order valence-electron chi connectivity index (χ3n) is 5.67. The molecular weight excluding hydrogens is 536 g/mol. The molecule has 1 amide bonds. The van der Waals surface area contributed by atoms with Gasteiger partial charge in [0, 0.05) is 43.5 Å². The fourth-order valence-electron chi connectivity index (χ4n) is 3.61. The van der Waals surface area contributed by atoms with Crippen molar-refractivity contribution >= 4 is 50.2 Å². The number of anilines is 2. The number of sulfonamides is 1. The number of methoxy groups -OCH3 is 2. The molecule has 2 aromatic carbocycles. The first-order chi connectivity index (χ1) is 17.5. The molecule has 3 aromatic rings.